The van der Waals surface area contributed by atoms with Crippen LogP contribution in [0, 0.1) is 0 Å². The molecule has 0 aliphatic heterocycles. The Morgan fingerprint density at radius 3 is 2.58 bits per heavy atom. The van der Waals surface area contributed by atoms with Crippen LogP contribution >= 0.6 is 23.2 Å². The lowest BCUT2D eigenvalue weighted by molar-refractivity contribution is -0.131. The van der Waals surface area contributed by atoms with Crippen LogP contribution < -0.4 is 4.74 Å². The van der Waals surface area contributed by atoms with Crippen molar-refractivity contribution in [3.05, 3.63) is 33.9 Å². The topological polar surface area (TPSA) is 39.2 Å². The van der Waals surface area contributed by atoms with Crippen LogP contribution in [-0.2, 0) is 4.79 Å². The molecule has 0 aliphatic carbocycles. The van der Waals surface area contributed by atoms with E-state index < -0.39 is 5.97 Å². The van der Waals surface area contributed by atoms with Crippen LogP contribution in [0.1, 0.15) is 32.4 Å². The van der Waals surface area contributed by atoms with Crippen molar-refractivity contribution in [2.24, 2.45) is 0 Å². The van der Waals surface area contributed by atoms with Crippen LogP contribution in [0.2, 0.25) is 10.0 Å². The number of fused-ring (bicyclic) bond motifs is 1. The monoisotopic (exact) mass is 297 g/mol. The van der Waals surface area contributed by atoms with Crippen LogP contribution in [0.4, 0.5) is 0 Å². The van der Waals surface area contributed by atoms with Crippen molar-refractivity contribution in [3.8, 4) is 5.75 Å². The standard InChI is InChI=1S/C14H13Cl2NO2/c1-7(2)13-14(19-8(3)18)12(16)10-6-9(15)4-5-11(10)17-13/h4-7H,1-3H3. The molecule has 0 N–H and O–H groups in total. The van der Waals surface area contributed by atoms with Gasteiger partial charge >= 0.3 is 5.97 Å². The van der Waals surface area contributed by atoms with Crippen molar-refractivity contribution in [2.75, 3.05) is 0 Å². The SMILES string of the molecule is CC(=O)Oc1c(C(C)C)nc2ccc(Cl)cc2c1Cl. The Hall–Kier alpha value is -1.32. The Bertz CT molecular complexity index is 653. The molecular weight excluding hydrogens is 285 g/mol. The van der Waals surface area contributed by atoms with Crippen molar-refractivity contribution in [1.29, 1.82) is 0 Å². The summed E-state index contributed by atoms with van der Waals surface area (Å²) in [5, 5.41) is 1.60. The van der Waals surface area contributed by atoms with E-state index in [1.807, 2.05) is 13.8 Å². The lowest BCUT2D eigenvalue weighted by Crippen LogP contribution is -2.07. The van der Waals surface area contributed by atoms with E-state index in [-0.39, 0.29) is 5.92 Å². The summed E-state index contributed by atoms with van der Waals surface area (Å²) in [5.41, 5.74) is 1.39. The molecule has 0 saturated heterocycles. The van der Waals surface area contributed by atoms with Crippen LogP contribution in [0.5, 0.6) is 5.75 Å². The zero-order chi connectivity index (χ0) is 14.2. The summed E-state index contributed by atoms with van der Waals surface area (Å²) in [4.78, 5) is 15.7. The number of carbonyl (C=O) groups is 1. The summed E-state index contributed by atoms with van der Waals surface area (Å²) in [6.07, 6.45) is 0. The first kappa shape index (κ1) is 14.1. The first-order valence-corrected chi connectivity index (χ1v) is 6.62. The van der Waals surface area contributed by atoms with Crippen molar-refractivity contribution in [2.45, 2.75) is 26.7 Å². The molecule has 3 nitrogen and oxygen atoms in total. The molecule has 0 aliphatic rings. The van der Waals surface area contributed by atoms with E-state index in [2.05, 4.69) is 4.98 Å². The van der Waals surface area contributed by atoms with Crippen molar-refractivity contribution < 1.29 is 9.53 Å². The molecule has 0 atom stereocenters. The van der Waals surface area contributed by atoms with Gasteiger partial charge in [-0.15, -0.1) is 0 Å². The van der Waals surface area contributed by atoms with Gasteiger partial charge in [0.2, 0.25) is 0 Å². The number of carbonyl (C=O) groups excluding carboxylic acids is 1. The minimum absolute atomic E-state index is 0.0897. The number of rotatable bonds is 2. The third-order valence-electron chi connectivity index (χ3n) is 2.66. The van der Waals surface area contributed by atoms with E-state index in [0.29, 0.717) is 26.9 Å². The number of benzene rings is 1. The van der Waals surface area contributed by atoms with Crippen LogP contribution in [-0.4, -0.2) is 11.0 Å². The number of ether oxygens (including phenoxy) is 1. The van der Waals surface area contributed by atoms with E-state index >= 15 is 0 Å². The molecule has 0 bridgehead atoms. The molecule has 100 valence electrons. The third kappa shape index (κ3) is 2.82. The molecule has 0 amide bonds. The van der Waals surface area contributed by atoms with E-state index in [9.17, 15) is 4.79 Å². The normalized spacial score (nSPS) is 11.1. The predicted molar refractivity (Wildman–Crippen MR) is 77.2 cm³/mol. The highest BCUT2D eigenvalue weighted by molar-refractivity contribution is 6.38. The molecular formula is C14H13Cl2NO2. The van der Waals surface area contributed by atoms with Gasteiger partial charge in [-0.3, -0.25) is 4.79 Å². The molecule has 0 fully saturated rings. The number of esters is 1. The fourth-order valence-corrected chi connectivity index (χ4v) is 2.29. The highest BCUT2D eigenvalue weighted by atomic mass is 35.5. The molecule has 1 heterocycles. The second kappa shape index (κ2) is 5.35. The number of hydrogen-bond donors (Lipinski definition) is 0. The maximum atomic E-state index is 11.2. The van der Waals surface area contributed by atoms with Gasteiger partial charge in [-0.2, -0.15) is 0 Å². The minimum atomic E-state index is -0.424. The third-order valence-corrected chi connectivity index (χ3v) is 3.27. The van der Waals surface area contributed by atoms with E-state index in [0.717, 1.165) is 5.52 Å². The average Bonchev–Trinajstić information content (AvgIpc) is 2.32. The Balaban J connectivity index is 2.77. The van der Waals surface area contributed by atoms with Gasteiger partial charge in [0.15, 0.2) is 5.75 Å². The first-order valence-electron chi connectivity index (χ1n) is 5.87. The van der Waals surface area contributed by atoms with Gasteiger partial charge in [0, 0.05) is 17.3 Å². The lowest BCUT2D eigenvalue weighted by Gasteiger charge is -2.14. The largest absolute Gasteiger partial charge is 0.423 e. The van der Waals surface area contributed by atoms with Crippen LogP contribution in [0.3, 0.4) is 0 Å². The minimum Gasteiger partial charge on any atom is -0.423 e. The molecule has 2 rings (SSSR count). The molecule has 0 spiro atoms. The van der Waals surface area contributed by atoms with Gasteiger partial charge in [-0.1, -0.05) is 37.0 Å². The van der Waals surface area contributed by atoms with Crippen LogP contribution in [0.15, 0.2) is 18.2 Å². The summed E-state index contributed by atoms with van der Waals surface area (Å²) in [6, 6.07) is 5.26. The Morgan fingerprint density at radius 1 is 1.32 bits per heavy atom. The molecule has 0 unspecified atom stereocenters. The molecule has 0 radical (unpaired) electrons. The second-order valence-corrected chi connectivity index (χ2v) is 5.36. The zero-order valence-corrected chi connectivity index (χ0v) is 12.3. The first-order chi connectivity index (χ1) is 8.90. The summed E-state index contributed by atoms with van der Waals surface area (Å²) in [5.74, 6) is -0.0159. The van der Waals surface area contributed by atoms with Gasteiger partial charge in [0.1, 0.15) is 0 Å². The van der Waals surface area contributed by atoms with E-state index in [1.54, 1.807) is 18.2 Å². The van der Waals surface area contributed by atoms with Gasteiger partial charge in [0.25, 0.3) is 0 Å². The van der Waals surface area contributed by atoms with Gasteiger partial charge in [0.05, 0.1) is 16.2 Å². The zero-order valence-electron chi connectivity index (χ0n) is 10.8. The Morgan fingerprint density at radius 2 is 2.00 bits per heavy atom. The fourth-order valence-electron chi connectivity index (χ4n) is 1.83. The summed E-state index contributed by atoms with van der Waals surface area (Å²) < 4.78 is 5.21. The van der Waals surface area contributed by atoms with Crippen molar-refractivity contribution in [1.82, 2.24) is 4.98 Å². The molecule has 5 heteroatoms. The molecule has 19 heavy (non-hydrogen) atoms. The van der Waals surface area contributed by atoms with E-state index in [1.165, 1.54) is 6.92 Å². The van der Waals surface area contributed by atoms with E-state index in [4.69, 9.17) is 27.9 Å². The molecule has 2 aromatic rings. The smallest absolute Gasteiger partial charge is 0.308 e. The molecule has 1 aromatic carbocycles. The van der Waals surface area contributed by atoms with Crippen molar-refractivity contribution >= 4 is 40.1 Å². The van der Waals surface area contributed by atoms with Crippen LogP contribution in [0.25, 0.3) is 10.9 Å². The number of aromatic nitrogens is 1. The highest BCUT2D eigenvalue weighted by Crippen LogP contribution is 2.38. The Labute approximate surface area is 121 Å². The van der Waals surface area contributed by atoms with Gasteiger partial charge < -0.3 is 4.74 Å². The maximum absolute atomic E-state index is 11.2. The molecule has 0 saturated carbocycles. The quantitative estimate of drug-likeness (QED) is 0.761. The summed E-state index contributed by atoms with van der Waals surface area (Å²) in [6.45, 7) is 5.27. The predicted octanol–water partition coefficient (Wildman–Crippen LogP) is 4.59. The summed E-state index contributed by atoms with van der Waals surface area (Å²) in [7, 11) is 0. The van der Waals surface area contributed by atoms with Gasteiger partial charge in [-0.05, 0) is 24.1 Å². The van der Waals surface area contributed by atoms with Gasteiger partial charge in [-0.25, -0.2) is 4.98 Å². The number of hydrogen-bond acceptors (Lipinski definition) is 3. The lowest BCUT2D eigenvalue weighted by atomic mass is 10.1. The Kier molecular flexibility index (Phi) is 3.97. The number of nitrogens with zero attached hydrogens (tertiary/aromatic N) is 1. The maximum Gasteiger partial charge on any atom is 0.308 e. The fraction of sp³-hybridized carbons (Fsp3) is 0.286. The highest BCUT2D eigenvalue weighted by Gasteiger charge is 2.19. The van der Waals surface area contributed by atoms with Crippen molar-refractivity contribution in [3.63, 3.8) is 0 Å². The average molecular weight is 298 g/mol. The molecule has 1 aromatic heterocycles. The number of pyridine rings is 1. The second-order valence-electron chi connectivity index (χ2n) is 4.55. The summed E-state index contributed by atoms with van der Waals surface area (Å²) >= 11 is 12.3. The number of halogens is 2.